The van der Waals surface area contributed by atoms with E-state index in [9.17, 15) is 0 Å². The molecule has 0 aliphatic carbocycles. The zero-order valence-electron chi connectivity index (χ0n) is 13.2. The topological polar surface area (TPSA) is 73.1 Å². The molecular formula is C15H28N4O. The standard InChI is InChI=1S/C15H28N4O/c1-5-9-20-13-10-12(2)18-14(19-13)17-11-15(3,4)7-6-8-16/h10H,5-9,11,16H2,1-4H3,(H,17,18,19). The minimum absolute atomic E-state index is 0.177. The van der Waals surface area contributed by atoms with Crippen LogP contribution in [0.4, 0.5) is 5.95 Å². The van der Waals surface area contributed by atoms with Crippen LogP contribution in [-0.4, -0.2) is 29.7 Å². The number of nitrogens with two attached hydrogens (primary N) is 1. The maximum absolute atomic E-state index is 5.57. The van der Waals surface area contributed by atoms with E-state index in [1.54, 1.807) is 0 Å². The summed E-state index contributed by atoms with van der Waals surface area (Å²) >= 11 is 0. The fourth-order valence-electron chi connectivity index (χ4n) is 1.89. The van der Waals surface area contributed by atoms with Crippen LogP contribution in [0.15, 0.2) is 6.07 Å². The van der Waals surface area contributed by atoms with Gasteiger partial charge in [0.1, 0.15) is 0 Å². The molecule has 1 heterocycles. The van der Waals surface area contributed by atoms with Crippen molar-refractivity contribution in [3.63, 3.8) is 0 Å². The summed E-state index contributed by atoms with van der Waals surface area (Å²) in [7, 11) is 0. The number of hydrogen-bond donors (Lipinski definition) is 2. The van der Waals surface area contributed by atoms with Gasteiger partial charge in [-0.3, -0.25) is 0 Å². The van der Waals surface area contributed by atoms with Crippen molar-refractivity contribution in [1.29, 1.82) is 0 Å². The first-order valence-corrected chi connectivity index (χ1v) is 7.39. The molecule has 0 unspecified atom stereocenters. The van der Waals surface area contributed by atoms with Gasteiger partial charge in [-0.05, 0) is 38.1 Å². The Morgan fingerprint density at radius 3 is 2.75 bits per heavy atom. The van der Waals surface area contributed by atoms with Gasteiger partial charge in [0.25, 0.3) is 0 Å². The summed E-state index contributed by atoms with van der Waals surface area (Å²) < 4.78 is 5.57. The molecule has 3 N–H and O–H groups in total. The minimum Gasteiger partial charge on any atom is -0.478 e. The van der Waals surface area contributed by atoms with Gasteiger partial charge < -0.3 is 15.8 Å². The van der Waals surface area contributed by atoms with Gasteiger partial charge in [-0.2, -0.15) is 4.98 Å². The van der Waals surface area contributed by atoms with Crippen LogP contribution >= 0.6 is 0 Å². The van der Waals surface area contributed by atoms with Crippen LogP contribution in [0.25, 0.3) is 0 Å². The molecule has 5 nitrogen and oxygen atoms in total. The molecule has 5 heteroatoms. The lowest BCUT2D eigenvalue weighted by Crippen LogP contribution is -2.25. The first-order valence-electron chi connectivity index (χ1n) is 7.39. The maximum Gasteiger partial charge on any atom is 0.226 e. The quantitative estimate of drug-likeness (QED) is 0.727. The number of aryl methyl sites for hydroxylation is 1. The minimum atomic E-state index is 0.177. The van der Waals surface area contributed by atoms with Crippen LogP contribution in [0.2, 0.25) is 0 Å². The van der Waals surface area contributed by atoms with Gasteiger partial charge in [0.15, 0.2) is 0 Å². The molecule has 0 fully saturated rings. The Kier molecular flexibility index (Phi) is 6.71. The van der Waals surface area contributed by atoms with Crippen molar-refractivity contribution in [3.8, 4) is 5.88 Å². The van der Waals surface area contributed by atoms with E-state index in [2.05, 4.69) is 36.1 Å². The lowest BCUT2D eigenvalue weighted by Gasteiger charge is -2.24. The molecule has 0 spiro atoms. The Morgan fingerprint density at radius 1 is 1.35 bits per heavy atom. The summed E-state index contributed by atoms with van der Waals surface area (Å²) in [5, 5.41) is 3.31. The summed E-state index contributed by atoms with van der Waals surface area (Å²) in [6, 6.07) is 1.86. The van der Waals surface area contributed by atoms with Crippen molar-refractivity contribution >= 4 is 5.95 Å². The molecule has 0 amide bonds. The number of nitrogens with one attached hydrogen (secondary N) is 1. The molecule has 1 aromatic rings. The highest BCUT2D eigenvalue weighted by atomic mass is 16.5. The van der Waals surface area contributed by atoms with E-state index < -0.39 is 0 Å². The second kappa shape index (κ2) is 8.04. The Hall–Kier alpha value is -1.36. The summed E-state index contributed by atoms with van der Waals surface area (Å²) in [5.41, 5.74) is 6.66. The van der Waals surface area contributed by atoms with E-state index in [4.69, 9.17) is 10.5 Å². The molecule has 1 aromatic heterocycles. The van der Waals surface area contributed by atoms with Gasteiger partial charge in [-0.1, -0.05) is 20.8 Å². The van der Waals surface area contributed by atoms with Gasteiger partial charge in [0.2, 0.25) is 11.8 Å². The third-order valence-corrected chi connectivity index (χ3v) is 3.07. The number of hydrogen-bond acceptors (Lipinski definition) is 5. The predicted octanol–water partition coefficient (Wildman–Crippen LogP) is 2.75. The molecule has 0 bridgehead atoms. The Labute approximate surface area is 122 Å². The fraction of sp³-hybridized carbons (Fsp3) is 0.733. The zero-order valence-corrected chi connectivity index (χ0v) is 13.2. The van der Waals surface area contributed by atoms with E-state index in [-0.39, 0.29) is 5.41 Å². The molecule has 114 valence electrons. The first kappa shape index (κ1) is 16.7. The monoisotopic (exact) mass is 280 g/mol. The van der Waals surface area contributed by atoms with E-state index in [1.165, 1.54) is 0 Å². The smallest absolute Gasteiger partial charge is 0.226 e. The largest absolute Gasteiger partial charge is 0.478 e. The summed E-state index contributed by atoms with van der Waals surface area (Å²) in [5.74, 6) is 1.28. The van der Waals surface area contributed by atoms with E-state index in [1.807, 2.05) is 13.0 Å². The molecule has 0 radical (unpaired) electrons. The van der Waals surface area contributed by atoms with Crippen molar-refractivity contribution < 1.29 is 4.74 Å². The average molecular weight is 280 g/mol. The average Bonchev–Trinajstić information content (AvgIpc) is 2.40. The van der Waals surface area contributed by atoms with Crippen LogP contribution in [0, 0.1) is 12.3 Å². The highest BCUT2D eigenvalue weighted by Crippen LogP contribution is 2.22. The number of anilines is 1. The number of aromatic nitrogens is 2. The van der Waals surface area contributed by atoms with E-state index in [0.29, 0.717) is 18.4 Å². The van der Waals surface area contributed by atoms with Crippen LogP contribution in [0.5, 0.6) is 5.88 Å². The molecule has 20 heavy (non-hydrogen) atoms. The Balaban J connectivity index is 2.60. The zero-order chi connectivity index (χ0) is 15.0. The molecule has 0 atom stereocenters. The van der Waals surface area contributed by atoms with Crippen LogP contribution in [0.1, 0.15) is 45.7 Å². The SMILES string of the molecule is CCCOc1cc(C)nc(NCC(C)(C)CCCN)n1. The molecule has 0 aliphatic heterocycles. The maximum atomic E-state index is 5.57. The first-order chi connectivity index (χ1) is 9.46. The molecule has 0 saturated carbocycles. The van der Waals surface area contributed by atoms with Crippen LogP contribution in [0.3, 0.4) is 0 Å². The summed E-state index contributed by atoms with van der Waals surface area (Å²) in [4.78, 5) is 8.78. The van der Waals surface area contributed by atoms with Crippen molar-refractivity contribution in [2.24, 2.45) is 11.1 Å². The van der Waals surface area contributed by atoms with Crippen molar-refractivity contribution in [2.75, 3.05) is 25.0 Å². The second-order valence-corrected chi connectivity index (χ2v) is 5.93. The fourth-order valence-corrected chi connectivity index (χ4v) is 1.89. The van der Waals surface area contributed by atoms with Crippen LogP contribution in [-0.2, 0) is 0 Å². The van der Waals surface area contributed by atoms with E-state index >= 15 is 0 Å². The summed E-state index contributed by atoms with van der Waals surface area (Å²) in [6.45, 7) is 10.7. The van der Waals surface area contributed by atoms with Crippen molar-refractivity contribution in [2.45, 2.75) is 47.0 Å². The Bertz CT molecular complexity index is 407. The van der Waals surface area contributed by atoms with Gasteiger partial charge >= 0.3 is 0 Å². The van der Waals surface area contributed by atoms with Gasteiger partial charge in [0, 0.05) is 18.3 Å². The van der Waals surface area contributed by atoms with Gasteiger partial charge in [-0.25, -0.2) is 4.98 Å². The molecule has 0 saturated heterocycles. The highest BCUT2D eigenvalue weighted by molar-refractivity contribution is 5.30. The third-order valence-electron chi connectivity index (χ3n) is 3.07. The van der Waals surface area contributed by atoms with Crippen molar-refractivity contribution in [3.05, 3.63) is 11.8 Å². The third kappa shape index (κ3) is 6.19. The number of rotatable bonds is 9. The van der Waals surface area contributed by atoms with Crippen molar-refractivity contribution in [1.82, 2.24) is 9.97 Å². The second-order valence-electron chi connectivity index (χ2n) is 5.93. The summed E-state index contributed by atoms with van der Waals surface area (Å²) in [6.07, 6.45) is 3.09. The Morgan fingerprint density at radius 2 is 2.10 bits per heavy atom. The lowest BCUT2D eigenvalue weighted by molar-refractivity contribution is 0.304. The highest BCUT2D eigenvalue weighted by Gasteiger charge is 2.17. The van der Waals surface area contributed by atoms with Gasteiger partial charge in [0.05, 0.1) is 6.61 Å². The molecular weight excluding hydrogens is 252 g/mol. The van der Waals surface area contributed by atoms with E-state index in [0.717, 1.165) is 38.0 Å². The lowest BCUT2D eigenvalue weighted by atomic mass is 9.88. The van der Waals surface area contributed by atoms with Gasteiger partial charge in [-0.15, -0.1) is 0 Å². The molecule has 1 rings (SSSR count). The van der Waals surface area contributed by atoms with Crippen LogP contribution < -0.4 is 15.8 Å². The number of ether oxygens (including phenoxy) is 1. The predicted molar refractivity (Wildman–Crippen MR) is 83.1 cm³/mol. The molecule has 0 aliphatic rings. The molecule has 0 aromatic carbocycles. The normalized spacial score (nSPS) is 11.4. The number of nitrogens with zero attached hydrogens (tertiary/aromatic N) is 2.